The van der Waals surface area contributed by atoms with E-state index in [9.17, 15) is 19.2 Å². The topological polar surface area (TPSA) is 111 Å². The molecule has 2 heterocycles. The molecular formula is C20H22N2O7. The van der Waals surface area contributed by atoms with Crippen LogP contribution in [0, 0.1) is 0 Å². The maximum Gasteiger partial charge on any atom is 0.408 e. The van der Waals surface area contributed by atoms with Crippen LogP contribution < -0.4 is 5.32 Å². The molecule has 0 saturated carbocycles. The molecule has 0 aromatic heterocycles. The van der Waals surface area contributed by atoms with E-state index in [0.29, 0.717) is 18.5 Å². The van der Waals surface area contributed by atoms with Gasteiger partial charge in [0, 0.05) is 12.1 Å². The lowest BCUT2D eigenvalue weighted by Crippen LogP contribution is -2.54. The second kappa shape index (κ2) is 8.76. The lowest BCUT2D eigenvalue weighted by molar-refractivity contribution is -0.151. The lowest BCUT2D eigenvalue weighted by atomic mass is 9.97. The van der Waals surface area contributed by atoms with Crippen LogP contribution in [-0.2, 0) is 35.2 Å². The van der Waals surface area contributed by atoms with Gasteiger partial charge in [-0.1, -0.05) is 30.3 Å². The first-order valence-corrected chi connectivity index (χ1v) is 9.14. The SMILES string of the molecule is COC(=O)C1=C2CC[C@@H](C(=O)OC)N2C(=O)[C@H](NC(=O)OCc2ccccc2)C1. The second-order valence-electron chi connectivity index (χ2n) is 6.67. The Morgan fingerprint density at radius 2 is 1.86 bits per heavy atom. The number of fused-ring (bicyclic) bond motifs is 1. The molecule has 29 heavy (non-hydrogen) atoms. The van der Waals surface area contributed by atoms with Gasteiger partial charge in [-0.3, -0.25) is 9.69 Å². The quantitative estimate of drug-likeness (QED) is 0.583. The third-order valence-electron chi connectivity index (χ3n) is 4.96. The summed E-state index contributed by atoms with van der Waals surface area (Å²) in [6, 6.07) is 7.18. The zero-order valence-corrected chi connectivity index (χ0v) is 16.2. The summed E-state index contributed by atoms with van der Waals surface area (Å²) < 4.78 is 14.8. The van der Waals surface area contributed by atoms with Crippen LogP contribution in [0.3, 0.4) is 0 Å². The number of carbonyl (C=O) groups is 4. The van der Waals surface area contributed by atoms with Gasteiger partial charge in [-0.15, -0.1) is 0 Å². The molecule has 0 spiro atoms. The maximum absolute atomic E-state index is 13.0. The van der Waals surface area contributed by atoms with Gasteiger partial charge >= 0.3 is 18.0 Å². The van der Waals surface area contributed by atoms with Gasteiger partial charge in [0.2, 0.25) is 0 Å². The van der Waals surface area contributed by atoms with Gasteiger partial charge < -0.3 is 19.5 Å². The normalized spacial score (nSPS) is 20.8. The highest BCUT2D eigenvalue weighted by atomic mass is 16.5. The first-order chi connectivity index (χ1) is 14.0. The first kappa shape index (κ1) is 20.4. The van der Waals surface area contributed by atoms with Crippen LogP contribution in [0.2, 0.25) is 0 Å². The second-order valence-corrected chi connectivity index (χ2v) is 6.67. The Balaban J connectivity index is 1.76. The molecule has 0 radical (unpaired) electrons. The number of nitrogens with one attached hydrogen (secondary N) is 1. The summed E-state index contributed by atoms with van der Waals surface area (Å²) in [5.74, 6) is -1.67. The molecule has 1 fully saturated rings. The number of nitrogens with zero attached hydrogens (tertiary/aromatic N) is 1. The summed E-state index contributed by atoms with van der Waals surface area (Å²) in [7, 11) is 2.47. The van der Waals surface area contributed by atoms with Crippen LogP contribution in [0.1, 0.15) is 24.8 Å². The summed E-state index contributed by atoms with van der Waals surface area (Å²) in [6.07, 6.45) is -0.139. The van der Waals surface area contributed by atoms with Crippen molar-refractivity contribution in [1.82, 2.24) is 10.2 Å². The molecule has 2 aliphatic rings. The summed E-state index contributed by atoms with van der Waals surface area (Å²) >= 11 is 0. The maximum atomic E-state index is 13.0. The first-order valence-electron chi connectivity index (χ1n) is 9.14. The Labute approximate surface area is 167 Å². The minimum absolute atomic E-state index is 0.0348. The van der Waals surface area contributed by atoms with E-state index in [1.807, 2.05) is 18.2 Å². The molecule has 2 atom stereocenters. The van der Waals surface area contributed by atoms with Crippen molar-refractivity contribution in [2.45, 2.75) is 38.0 Å². The zero-order chi connectivity index (χ0) is 21.0. The number of ether oxygens (including phenoxy) is 3. The molecule has 1 aromatic rings. The molecule has 0 bridgehead atoms. The van der Waals surface area contributed by atoms with Crippen LogP contribution in [-0.4, -0.2) is 55.1 Å². The Bertz CT molecular complexity index is 850. The standard InChI is InChI=1S/C20H22N2O7/c1-27-18(24)13-10-14(21-20(26)29-11-12-6-4-3-5-7-12)17(23)22-15(13)8-9-16(22)19(25)28-2/h3-7,14,16H,8-11H2,1-2H3,(H,21,26)/t14-,16+/m1/s1. The fraction of sp³-hybridized carbons (Fsp3) is 0.400. The fourth-order valence-electron chi connectivity index (χ4n) is 3.57. The number of rotatable bonds is 5. The van der Waals surface area contributed by atoms with Gasteiger partial charge in [-0.2, -0.15) is 0 Å². The van der Waals surface area contributed by atoms with E-state index in [-0.39, 0.29) is 18.6 Å². The average Bonchev–Trinajstić information content (AvgIpc) is 3.19. The van der Waals surface area contributed by atoms with E-state index in [1.165, 1.54) is 19.1 Å². The van der Waals surface area contributed by atoms with Crippen molar-refractivity contribution in [2.75, 3.05) is 14.2 Å². The Hall–Kier alpha value is -3.36. The van der Waals surface area contributed by atoms with Crippen LogP contribution in [0.4, 0.5) is 4.79 Å². The summed E-state index contributed by atoms with van der Waals surface area (Å²) in [5, 5.41) is 2.49. The predicted molar refractivity (Wildman–Crippen MR) is 99.1 cm³/mol. The molecule has 2 amide bonds. The molecule has 0 aliphatic carbocycles. The molecule has 9 nitrogen and oxygen atoms in total. The molecule has 2 aliphatic heterocycles. The highest BCUT2D eigenvalue weighted by Crippen LogP contribution is 2.37. The zero-order valence-electron chi connectivity index (χ0n) is 16.2. The van der Waals surface area contributed by atoms with Crippen molar-refractivity contribution in [3.05, 3.63) is 47.2 Å². The van der Waals surface area contributed by atoms with Gasteiger partial charge in [0.1, 0.15) is 18.7 Å². The number of alkyl carbamates (subject to hydrolysis) is 1. The number of methoxy groups -OCH3 is 2. The van der Waals surface area contributed by atoms with E-state index in [4.69, 9.17) is 14.2 Å². The summed E-state index contributed by atoms with van der Waals surface area (Å²) in [5.41, 5.74) is 1.49. The van der Waals surface area contributed by atoms with Crippen molar-refractivity contribution in [1.29, 1.82) is 0 Å². The van der Waals surface area contributed by atoms with Crippen molar-refractivity contribution in [2.24, 2.45) is 0 Å². The van der Waals surface area contributed by atoms with E-state index in [0.717, 1.165) is 5.56 Å². The Kier molecular flexibility index (Phi) is 6.16. The third-order valence-corrected chi connectivity index (χ3v) is 4.96. The Morgan fingerprint density at radius 1 is 1.14 bits per heavy atom. The number of esters is 2. The van der Waals surface area contributed by atoms with E-state index in [2.05, 4.69) is 5.32 Å². The van der Waals surface area contributed by atoms with E-state index < -0.39 is 36.0 Å². The monoisotopic (exact) mass is 402 g/mol. The minimum atomic E-state index is -1.05. The summed E-state index contributed by atoms with van der Waals surface area (Å²) in [6.45, 7) is 0.0348. The minimum Gasteiger partial charge on any atom is -0.467 e. The number of allylic oxidation sites excluding steroid dienone is 1. The molecule has 9 heteroatoms. The highest BCUT2D eigenvalue weighted by molar-refractivity contribution is 5.99. The van der Waals surface area contributed by atoms with Gasteiger partial charge in [0.05, 0.1) is 19.8 Å². The third kappa shape index (κ3) is 4.23. The molecule has 3 rings (SSSR count). The van der Waals surface area contributed by atoms with E-state index >= 15 is 0 Å². The van der Waals surface area contributed by atoms with Crippen LogP contribution >= 0.6 is 0 Å². The molecule has 0 unspecified atom stereocenters. The Morgan fingerprint density at radius 3 is 2.52 bits per heavy atom. The van der Waals surface area contributed by atoms with Gasteiger partial charge in [-0.25, -0.2) is 14.4 Å². The molecular weight excluding hydrogens is 380 g/mol. The smallest absolute Gasteiger partial charge is 0.408 e. The van der Waals surface area contributed by atoms with Crippen molar-refractivity contribution < 1.29 is 33.4 Å². The fourth-order valence-corrected chi connectivity index (χ4v) is 3.57. The van der Waals surface area contributed by atoms with Gasteiger partial charge in [0.15, 0.2) is 0 Å². The van der Waals surface area contributed by atoms with Gasteiger partial charge in [-0.05, 0) is 18.4 Å². The van der Waals surface area contributed by atoms with Gasteiger partial charge in [0.25, 0.3) is 5.91 Å². The van der Waals surface area contributed by atoms with Crippen LogP contribution in [0.15, 0.2) is 41.6 Å². The number of carbonyl (C=O) groups excluding carboxylic acids is 4. The summed E-state index contributed by atoms with van der Waals surface area (Å²) in [4.78, 5) is 50.7. The number of benzene rings is 1. The molecule has 154 valence electrons. The largest absolute Gasteiger partial charge is 0.467 e. The van der Waals surface area contributed by atoms with Crippen molar-refractivity contribution in [3.63, 3.8) is 0 Å². The molecule has 1 saturated heterocycles. The average molecular weight is 402 g/mol. The van der Waals surface area contributed by atoms with E-state index in [1.54, 1.807) is 12.1 Å². The lowest BCUT2D eigenvalue weighted by Gasteiger charge is -2.34. The number of hydrogen-bond donors (Lipinski definition) is 1. The number of amides is 2. The highest BCUT2D eigenvalue weighted by Gasteiger charge is 2.47. The van der Waals surface area contributed by atoms with Crippen LogP contribution in [0.25, 0.3) is 0 Å². The number of hydrogen-bond acceptors (Lipinski definition) is 7. The van der Waals surface area contributed by atoms with Crippen molar-refractivity contribution >= 4 is 23.9 Å². The molecule has 1 aromatic carbocycles. The molecule has 1 N–H and O–H groups in total. The predicted octanol–water partition coefficient (Wildman–Crippen LogP) is 1.28. The van der Waals surface area contributed by atoms with Crippen LogP contribution in [0.5, 0.6) is 0 Å². The van der Waals surface area contributed by atoms with Crippen molar-refractivity contribution in [3.8, 4) is 0 Å².